The molecule has 1 saturated heterocycles. The normalized spacial score (nSPS) is 17.4. The molecule has 0 radical (unpaired) electrons. The molecule has 1 fully saturated rings. The van der Waals surface area contributed by atoms with Gasteiger partial charge in [-0.15, -0.1) is 0 Å². The molecule has 1 aliphatic rings. The van der Waals surface area contributed by atoms with Gasteiger partial charge in [0.05, 0.1) is 30.5 Å². The molecular weight excluding hydrogens is 444 g/mol. The lowest BCUT2D eigenvalue weighted by Gasteiger charge is -2.29. The van der Waals surface area contributed by atoms with Crippen molar-refractivity contribution >= 4 is 23.3 Å². The van der Waals surface area contributed by atoms with Crippen molar-refractivity contribution < 1.29 is 9.53 Å². The maximum Gasteiger partial charge on any atom is 0.337 e. The van der Waals surface area contributed by atoms with Crippen molar-refractivity contribution in [3.05, 3.63) is 120 Å². The second kappa shape index (κ2) is 9.49. The highest BCUT2D eigenvalue weighted by Crippen LogP contribution is 2.40. The Balaban J connectivity index is 1.56. The van der Waals surface area contributed by atoms with E-state index >= 15 is 0 Å². The van der Waals surface area contributed by atoms with Crippen LogP contribution in [0.3, 0.4) is 0 Å². The van der Waals surface area contributed by atoms with Gasteiger partial charge in [-0.1, -0.05) is 36.4 Å². The second-order valence-electron chi connectivity index (χ2n) is 8.08. The molecule has 0 amide bonds. The molecule has 0 saturated carbocycles. The van der Waals surface area contributed by atoms with Gasteiger partial charge >= 0.3 is 5.97 Å². The zero-order chi connectivity index (χ0) is 23.5. The number of carbonyl (C=O) groups excluding carboxylic acids is 1. The first-order chi connectivity index (χ1) is 16.7. The predicted octanol–water partition coefficient (Wildman–Crippen LogP) is 4.83. The summed E-state index contributed by atoms with van der Waals surface area (Å²) in [5.41, 5.74) is 4.65. The summed E-state index contributed by atoms with van der Waals surface area (Å²) in [5, 5.41) is 4.20. The first-order valence-corrected chi connectivity index (χ1v) is 11.4. The molecule has 170 valence electrons. The molecule has 7 heteroatoms. The Morgan fingerprint density at radius 1 is 1.00 bits per heavy atom. The quantitative estimate of drug-likeness (QED) is 0.323. The van der Waals surface area contributed by atoms with E-state index in [9.17, 15) is 4.79 Å². The highest BCUT2D eigenvalue weighted by molar-refractivity contribution is 7.80. The maximum absolute atomic E-state index is 11.9. The van der Waals surface area contributed by atoms with Crippen LogP contribution in [-0.4, -0.2) is 32.6 Å². The van der Waals surface area contributed by atoms with Gasteiger partial charge in [0.1, 0.15) is 0 Å². The van der Waals surface area contributed by atoms with Gasteiger partial charge in [0, 0.05) is 30.3 Å². The summed E-state index contributed by atoms with van der Waals surface area (Å²) in [6.45, 7) is 0.674. The van der Waals surface area contributed by atoms with Gasteiger partial charge in [-0.3, -0.25) is 4.98 Å². The smallest absolute Gasteiger partial charge is 0.337 e. The summed E-state index contributed by atoms with van der Waals surface area (Å²) in [6, 6.07) is 27.6. The average Bonchev–Trinajstić information content (AvgIpc) is 3.49. The van der Waals surface area contributed by atoms with Crippen molar-refractivity contribution in [3.8, 4) is 5.69 Å². The molecule has 5 rings (SSSR count). The number of nitrogens with one attached hydrogen (secondary N) is 1. The van der Waals surface area contributed by atoms with E-state index in [0.717, 1.165) is 17.1 Å². The summed E-state index contributed by atoms with van der Waals surface area (Å²) >= 11 is 5.81. The maximum atomic E-state index is 11.9. The van der Waals surface area contributed by atoms with Gasteiger partial charge in [-0.05, 0) is 66.3 Å². The van der Waals surface area contributed by atoms with Crippen molar-refractivity contribution in [2.75, 3.05) is 7.11 Å². The summed E-state index contributed by atoms with van der Waals surface area (Å²) in [7, 11) is 1.38. The molecule has 2 atom stereocenters. The number of esters is 1. The van der Waals surface area contributed by atoms with Gasteiger partial charge in [0.2, 0.25) is 0 Å². The van der Waals surface area contributed by atoms with Crippen LogP contribution in [0.5, 0.6) is 0 Å². The summed E-state index contributed by atoms with van der Waals surface area (Å²) in [5.74, 6) is -0.353. The molecule has 3 heterocycles. The molecule has 2 aromatic carbocycles. The Morgan fingerprint density at radius 2 is 1.76 bits per heavy atom. The molecular formula is C27H24N4O2S. The average molecular weight is 469 g/mol. The van der Waals surface area contributed by atoms with Crippen LogP contribution in [0.1, 0.15) is 39.4 Å². The van der Waals surface area contributed by atoms with E-state index in [1.807, 2.05) is 67.0 Å². The molecule has 0 bridgehead atoms. The molecule has 1 N–H and O–H groups in total. The van der Waals surface area contributed by atoms with Crippen LogP contribution in [0.25, 0.3) is 5.69 Å². The van der Waals surface area contributed by atoms with Crippen LogP contribution in [0, 0.1) is 0 Å². The Bertz CT molecular complexity index is 1290. The Morgan fingerprint density at radius 3 is 2.47 bits per heavy atom. The number of benzene rings is 2. The molecule has 4 aromatic rings. The molecule has 0 aliphatic carbocycles. The largest absolute Gasteiger partial charge is 0.465 e. The first-order valence-electron chi connectivity index (χ1n) is 11.0. The summed E-state index contributed by atoms with van der Waals surface area (Å²) < 4.78 is 6.97. The fourth-order valence-electron chi connectivity index (χ4n) is 4.42. The number of ether oxygens (including phenoxy) is 1. The fourth-order valence-corrected chi connectivity index (χ4v) is 4.73. The minimum absolute atomic E-state index is 0.0853. The van der Waals surface area contributed by atoms with E-state index in [1.54, 1.807) is 12.1 Å². The highest BCUT2D eigenvalue weighted by atomic mass is 32.1. The minimum Gasteiger partial charge on any atom is -0.465 e. The Kier molecular flexibility index (Phi) is 6.10. The van der Waals surface area contributed by atoms with Crippen molar-refractivity contribution in [2.24, 2.45) is 0 Å². The summed E-state index contributed by atoms with van der Waals surface area (Å²) in [4.78, 5) is 18.7. The SMILES string of the molecule is COC(=O)c1ccc(-n2cccc2[C@H]2[C@@H](c3ccccn3)NC(=S)N2Cc2ccccc2)cc1. The van der Waals surface area contributed by atoms with E-state index in [2.05, 4.69) is 38.0 Å². The third kappa shape index (κ3) is 4.18. The second-order valence-corrected chi connectivity index (χ2v) is 8.47. The van der Waals surface area contributed by atoms with Crippen LogP contribution in [0.4, 0.5) is 0 Å². The predicted molar refractivity (Wildman–Crippen MR) is 135 cm³/mol. The number of rotatable bonds is 6. The van der Waals surface area contributed by atoms with Crippen molar-refractivity contribution in [2.45, 2.75) is 18.6 Å². The van der Waals surface area contributed by atoms with Crippen LogP contribution in [-0.2, 0) is 11.3 Å². The summed E-state index contributed by atoms with van der Waals surface area (Å²) in [6.07, 6.45) is 3.83. The van der Waals surface area contributed by atoms with E-state index in [4.69, 9.17) is 17.0 Å². The lowest BCUT2D eigenvalue weighted by atomic mass is 10.0. The molecule has 0 unspecified atom stereocenters. The van der Waals surface area contributed by atoms with E-state index in [-0.39, 0.29) is 18.1 Å². The Hall–Kier alpha value is -3.97. The van der Waals surface area contributed by atoms with Gasteiger partial charge in [-0.2, -0.15) is 0 Å². The molecule has 34 heavy (non-hydrogen) atoms. The third-order valence-electron chi connectivity index (χ3n) is 6.04. The van der Waals surface area contributed by atoms with Crippen LogP contribution < -0.4 is 5.32 Å². The number of hydrogen-bond acceptors (Lipinski definition) is 4. The minimum atomic E-state index is -0.353. The topological polar surface area (TPSA) is 59.4 Å². The first kappa shape index (κ1) is 21.9. The van der Waals surface area contributed by atoms with Crippen molar-refractivity contribution in [1.82, 2.24) is 19.8 Å². The van der Waals surface area contributed by atoms with E-state index < -0.39 is 0 Å². The van der Waals surface area contributed by atoms with Crippen LogP contribution in [0.15, 0.2) is 97.3 Å². The number of pyridine rings is 1. The van der Waals surface area contributed by atoms with E-state index in [1.165, 1.54) is 12.7 Å². The van der Waals surface area contributed by atoms with Gasteiger partial charge in [0.25, 0.3) is 0 Å². The molecule has 6 nitrogen and oxygen atoms in total. The van der Waals surface area contributed by atoms with Crippen molar-refractivity contribution in [3.63, 3.8) is 0 Å². The number of hydrogen-bond donors (Lipinski definition) is 1. The lowest BCUT2D eigenvalue weighted by Crippen LogP contribution is -2.30. The molecule has 0 spiro atoms. The number of nitrogens with zero attached hydrogens (tertiary/aromatic N) is 3. The number of thiocarbonyl (C=S) groups is 1. The fraction of sp³-hybridized carbons (Fsp3) is 0.148. The number of aromatic nitrogens is 2. The number of methoxy groups -OCH3 is 1. The van der Waals surface area contributed by atoms with Crippen LogP contribution >= 0.6 is 12.2 Å². The van der Waals surface area contributed by atoms with Gasteiger partial charge < -0.3 is 19.5 Å². The zero-order valence-electron chi connectivity index (χ0n) is 18.7. The molecule has 1 aliphatic heterocycles. The lowest BCUT2D eigenvalue weighted by molar-refractivity contribution is 0.0600. The highest BCUT2D eigenvalue weighted by Gasteiger charge is 2.41. The third-order valence-corrected chi connectivity index (χ3v) is 6.40. The van der Waals surface area contributed by atoms with Gasteiger partial charge in [0.15, 0.2) is 5.11 Å². The molecule has 2 aromatic heterocycles. The standard InChI is InChI=1S/C27H24N4O2S/c1-33-26(32)20-12-14-21(15-13-20)30-17-7-11-23(30)25-24(22-10-5-6-16-28-22)29-27(34)31(25)18-19-8-3-2-4-9-19/h2-17,24-25H,18H2,1H3,(H,29,34)/t24-,25+/m1/s1. The van der Waals surface area contributed by atoms with Crippen LogP contribution in [0.2, 0.25) is 0 Å². The number of carbonyl (C=O) groups is 1. The monoisotopic (exact) mass is 468 g/mol. The van der Waals surface area contributed by atoms with Gasteiger partial charge in [-0.25, -0.2) is 4.79 Å². The Labute approximate surface area is 203 Å². The van der Waals surface area contributed by atoms with E-state index in [0.29, 0.717) is 17.2 Å². The zero-order valence-corrected chi connectivity index (χ0v) is 19.5. The van der Waals surface area contributed by atoms with Crippen molar-refractivity contribution in [1.29, 1.82) is 0 Å².